The summed E-state index contributed by atoms with van der Waals surface area (Å²) in [4.78, 5) is 11.9. The second-order valence-electron chi connectivity index (χ2n) is 4.60. The van der Waals surface area contributed by atoms with Crippen LogP contribution in [-0.2, 0) is 14.8 Å². The van der Waals surface area contributed by atoms with E-state index in [9.17, 15) is 13.2 Å². The molecule has 0 spiro atoms. The number of hydrogen-bond acceptors (Lipinski definition) is 3. The average Bonchev–Trinajstić information content (AvgIpc) is 3.08. The largest absolute Gasteiger partial charge is 0.325 e. The Balaban J connectivity index is 2.00. The molecule has 5 nitrogen and oxygen atoms in total. The van der Waals surface area contributed by atoms with Crippen LogP contribution in [0.25, 0.3) is 0 Å². The van der Waals surface area contributed by atoms with Gasteiger partial charge in [-0.25, -0.2) is 8.42 Å². The first-order chi connectivity index (χ1) is 8.86. The molecule has 1 aromatic rings. The summed E-state index contributed by atoms with van der Waals surface area (Å²) in [6.45, 7) is -0.129. The van der Waals surface area contributed by atoms with E-state index in [0.29, 0.717) is 5.69 Å². The van der Waals surface area contributed by atoms with Crippen molar-refractivity contribution in [1.82, 2.24) is 4.31 Å². The summed E-state index contributed by atoms with van der Waals surface area (Å²) in [5.41, 5.74) is 0.642. The lowest BCUT2D eigenvalue weighted by Crippen LogP contribution is -2.38. The minimum Gasteiger partial charge on any atom is -0.325 e. The van der Waals surface area contributed by atoms with Crippen molar-refractivity contribution in [2.75, 3.05) is 18.1 Å². The number of nitrogens with one attached hydrogen (secondary N) is 1. The molecule has 1 aliphatic carbocycles. The van der Waals surface area contributed by atoms with Gasteiger partial charge in [-0.1, -0.05) is 22.0 Å². The van der Waals surface area contributed by atoms with Gasteiger partial charge < -0.3 is 5.32 Å². The Morgan fingerprint density at radius 3 is 2.68 bits per heavy atom. The molecule has 19 heavy (non-hydrogen) atoms. The van der Waals surface area contributed by atoms with Crippen LogP contribution in [0.15, 0.2) is 28.7 Å². The third-order valence-corrected chi connectivity index (χ3v) is 4.56. The van der Waals surface area contributed by atoms with Crippen LogP contribution in [-0.4, -0.2) is 37.5 Å². The van der Waals surface area contributed by atoms with E-state index in [-0.39, 0.29) is 18.5 Å². The standard InChI is InChI=1S/C12H15BrN2O3S/c1-19(17,18)15(11-5-6-11)8-12(16)14-10-4-2-3-9(13)7-10/h2-4,7,11H,5-6,8H2,1H3,(H,14,16). The predicted octanol–water partition coefficient (Wildman–Crippen LogP) is 1.81. The number of halogens is 1. The molecule has 0 heterocycles. The molecule has 0 bridgehead atoms. The summed E-state index contributed by atoms with van der Waals surface area (Å²) in [5, 5.41) is 2.69. The van der Waals surface area contributed by atoms with E-state index in [1.54, 1.807) is 18.2 Å². The van der Waals surface area contributed by atoms with Crippen molar-refractivity contribution in [3.8, 4) is 0 Å². The number of sulfonamides is 1. The molecule has 0 aliphatic heterocycles. The zero-order valence-electron chi connectivity index (χ0n) is 10.5. The van der Waals surface area contributed by atoms with Crippen LogP contribution < -0.4 is 5.32 Å². The number of nitrogens with zero attached hydrogens (tertiary/aromatic N) is 1. The Morgan fingerprint density at radius 2 is 2.16 bits per heavy atom. The lowest BCUT2D eigenvalue weighted by molar-refractivity contribution is -0.116. The number of amides is 1. The van der Waals surface area contributed by atoms with E-state index in [0.717, 1.165) is 23.6 Å². The van der Waals surface area contributed by atoms with Crippen LogP contribution >= 0.6 is 15.9 Å². The van der Waals surface area contributed by atoms with Gasteiger partial charge in [-0.2, -0.15) is 4.31 Å². The summed E-state index contributed by atoms with van der Waals surface area (Å²) in [6, 6.07) is 7.16. The third kappa shape index (κ3) is 4.29. The summed E-state index contributed by atoms with van der Waals surface area (Å²) in [5.74, 6) is -0.324. The Kier molecular flexibility index (Phi) is 4.27. The van der Waals surface area contributed by atoms with Gasteiger partial charge in [0.2, 0.25) is 15.9 Å². The molecule has 1 N–H and O–H groups in total. The van der Waals surface area contributed by atoms with Crippen molar-refractivity contribution in [3.63, 3.8) is 0 Å². The molecule has 0 unspecified atom stereocenters. The predicted molar refractivity (Wildman–Crippen MR) is 77.3 cm³/mol. The zero-order chi connectivity index (χ0) is 14.0. The Labute approximate surface area is 121 Å². The fraction of sp³-hybridized carbons (Fsp3) is 0.417. The first kappa shape index (κ1) is 14.5. The van der Waals surface area contributed by atoms with Crippen LogP contribution in [0.1, 0.15) is 12.8 Å². The number of hydrogen-bond donors (Lipinski definition) is 1. The van der Waals surface area contributed by atoms with Gasteiger partial charge >= 0.3 is 0 Å². The second-order valence-corrected chi connectivity index (χ2v) is 7.45. The second kappa shape index (κ2) is 5.60. The van der Waals surface area contributed by atoms with E-state index >= 15 is 0 Å². The maximum atomic E-state index is 11.9. The molecule has 1 amide bonds. The molecule has 2 rings (SSSR count). The van der Waals surface area contributed by atoms with E-state index in [1.165, 1.54) is 4.31 Å². The molecule has 1 fully saturated rings. The molecule has 0 atom stereocenters. The van der Waals surface area contributed by atoms with E-state index in [1.807, 2.05) is 6.07 Å². The van der Waals surface area contributed by atoms with Gasteiger partial charge in [0, 0.05) is 16.2 Å². The highest BCUT2D eigenvalue weighted by Gasteiger charge is 2.36. The number of carbonyl (C=O) groups is 1. The Hall–Kier alpha value is -0.920. The van der Waals surface area contributed by atoms with Gasteiger partial charge in [-0.3, -0.25) is 4.79 Å². The van der Waals surface area contributed by atoms with Crippen molar-refractivity contribution in [1.29, 1.82) is 0 Å². The highest BCUT2D eigenvalue weighted by atomic mass is 79.9. The summed E-state index contributed by atoms with van der Waals surface area (Å²) in [6.07, 6.45) is 2.80. The van der Waals surface area contributed by atoms with Gasteiger partial charge in [0.25, 0.3) is 0 Å². The van der Waals surface area contributed by atoms with Gasteiger partial charge in [0.1, 0.15) is 0 Å². The Morgan fingerprint density at radius 1 is 1.47 bits per heavy atom. The van der Waals surface area contributed by atoms with Crippen LogP contribution in [0.4, 0.5) is 5.69 Å². The van der Waals surface area contributed by atoms with E-state index in [2.05, 4.69) is 21.2 Å². The number of benzene rings is 1. The van der Waals surface area contributed by atoms with Crippen LogP contribution in [0.5, 0.6) is 0 Å². The van der Waals surface area contributed by atoms with Crippen molar-refractivity contribution >= 4 is 37.5 Å². The summed E-state index contributed by atoms with van der Waals surface area (Å²) >= 11 is 3.31. The maximum absolute atomic E-state index is 11.9. The van der Waals surface area contributed by atoms with Crippen molar-refractivity contribution in [3.05, 3.63) is 28.7 Å². The highest BCUT2D eigenvalue weighted by molar-refractivity contribution is 9.10. The summed E-state index contributed by atoms with van der Waals surface area (Å²) < 4.78 is 25.3. The van der Waals surface area contributed by atoms with Crippen LogP contribution in [0, 0.1) is 0 Å². The quantitative estimate of drug-likeness (QED) is 0.884. The fourth-order valence-electron chi connectivity index (χ4n) is 1.79. The van der Waals surface area contributed by atoms with Crippen molar-refractivity contribution in [2.45, 2.75) is 18.9 Å². The molecule has 0 saturated heterocycles. The minimum atomic E-state index is -3.33. The number of carbonyl (C=O) groups excluding carboxylic acids is 1. The maximum Gasteiger partial charge on any atom is 0.239 e. The molecular weight excluding hydrogens is 332 g/mol. The van der Waals surface area contributed by atoms with Gasteiger partial charge in [-0.15, -0.1) is 0 Å². The minimum absolute atomic E-state index is 0.0109. The molecule has 7 heteroatoms. The molecule has 1 saturated carbocycles. The molecule has 0 aromatic heterocycles. The van der Waals surface area contributed by atoms with Gasteiger partial charge in [0.15, 0.2) is 0 Å². The van der Waals surface area contributed by atoms with Gasteiger partial charge in [0.05, 0.1) is 12.8 Å². The monoisotopic (exact) mass is 346 g/mol. The van der Waals surface area contributed by atoms with Crippen molar-refractivity contribution < 1.29 is 13.2 Å². The first-order valence-corrected chi connectivity index (χ1v) is 8.52. The molecule has 104 valence electrons. The molecular formula is C12H15BrN2O3S. The topological polar surface area (TPSA) is 66.5 Å². The lowest BCUT2D eigenvalue weighted by atomic mass is 10.3. The molecule has 1 aromatic carbocycles. The zero-order valence-corrected chi connectivity index (χ0v) is 12.9. The first-order valence-electron chi connectivity index (χ1n) is 5.88. The van der Waals surface area contributed by atoms with Gasteiger partial charge in [-0.05, 0) is 31.0 Å². The number of rotatable bonds is 5. The SMILES string of the molecule is CS(=O)(=O)N(CC(=O)Nc1cccc(Br)c1)C1CC1. The third-order valence-electron chi connectivity index (χ3n) is 2.79. The van der Waals surface area contributed by atoms with Crippen LogP contribution in [0.2, 0.25) is 0 Å². The average molecular weight is 347 g/mol. The van der Waals surface area contributed by atoms with E-state index in [4.69, 9.17) is 0 Å². The fourth-order valence-corrected chi connectivity index (χ4v) is 3.29. The highest BCUT2D eigenvalue weighted by Crippen LogP contribution is 2.28. The van der Waals surface area contributed by atoms with Crippen molar-refractivity contribution in [2.24, 2.45) is 0 Å². The normalized spacial score (nSPS) is 15.5. The molecule has 1 aliphatic rings. The molecule has 0 radical (unpaired) electrons. The van der Waals surface area contributed by atoms with E-state index < -0.39 is 10.0 Å². The van der Waals surface area contributed by atoms with Crippen LogP contribution in [0.3, 0.4) is 0 Å². The lowest BCUT2D eigenvalue weighted by Gasteiger charge is -2.18. The Bertz CT molecular complexity index is 584. The smallest absolute Gasteiger partial charge is 0.239 e. The summed E-state index contributed by atoms with van der Waals surface area (Å²) in [7, 11) is -3.33. The number of anilines is 1.